The molecule has 9 N–H and O–H groups in total. The van der Waals surface area contributed by atoms with Crippen LogP contribution in [0.25, 0.3) is 10.9 Å². The number of para-hydroxylation sites is 1. The predicted molar refractivity (Wildman–Crippen MR) is 143 cm³/mol. The Balaban J connectivity index is 1.84. The van der Waals surface area contributed by atoms with E-state index in [1.54, 1.807) is 20.0 Å². The molecule has 0 saturated heterocycles. The molecule has 2 aromatic heterocycles. The Hall–Kier alpha value is -4.72. The van der Waals surface area contributed by atoms with Crippen molar-refractivity contribution in [2.24, 2.45) is 11.7 Å². The number of nitrogens with zero attached hydrogens (tertiary/aromatic N) is 1. The second-order valence-electron chi connectivity index (χ2n) is 9.74. The molecule has 1 aromatic carbocycles. The summed E-state index contributed by atoms with van der Waals surface area (Å²) in [5, 5.41) is 26.8. The summed E-state index contributed by atoms with van der Waals surface area (Å²) in [5.41, 5.74) is 8.15. The number of fused-ring (bicyclic) bond motifs is 1. The fourth-order valence-electron chi connectivity index (χ4n) is 4.16. The Kier molecular flexibility index (Phi) is 9.97. The zero-order chi connectivity index (χ0) is 29.4. The van der Waals surface area contributed by atoms with Crippen molar-refractivity contribution in [2.45, 2.75) is 57.3 Å². The molecule has 0 saturated carbocycles. The lowest BCUT2D eigenvalue weighted by atomic mass is 10.0. The van der Waals surface area contributed by atoms with E-state index in [0.717, 1.165) is 10.9 Å². The highest BCUT2D eigenvalue weighted by Crippen LogP contribution is 2.19. The molecule has 14 nitrogen and oxygen atoms in total. The van der Waals surface area contributed by atoms with E-state index in [9.17, 15) is 34.2 Å². The van der Waals surface area contributed by atoms with Gasteiger partial charge in [-0.25, -0.2) is 9.78 Å². The van der Waals surface area contributed by atoms with Crippen LogP contribution in [0.15, 0.2) is 43.0 Å². The average molecular weight is 556 g/mol. The summed E-state index contributed by atoms with van der Waals surface area (Å²) in [6.07, 6.45) is 3.93. The Bertz CT molecular complexity index is 1350. The van der Waals surface area contributed by atoms with Crippen LogP contribution in [0.1, 0.15) is 31.5 Å². The number of hydrogen-bond donors (Lipinski definition) is 8. The molecule has 0 radical (unpaired) electrons. The Morgan fingerprint density at radius 2 is 1.60 bits per heavy atom. The van der Waals surface area contributed by atoms with Crippen LogP contribution in [0.5, 0.6) is 0 Å². The number of aromatic nitrogens is 3. The van der Waals surface area contributed by atoms with Crippen LogP contribution in [0.2, 0.25) is 0 Å². The Morgan fingerprint density at radius 1 is 0.925 bits per heavy atom. The first-order valence-corrected chi connectivity index (χ1v) is 12.6. The average Bonchev–Trinajstić information content (AvgIpc) is 3.55. The summed E-state index contributed by atoms with van der Waals surface area (Å²) in [6.45, 7) is 3.15. The summed E-state index contributed by atoms with van der Waals surface area (Å²) in [6, 6.07) is 2.13. The SMILES string of the molecule is CC(C)C(NC(=O)C(CC(=O)O)NC(=O)C(Cc1c[nH]c2ccccc12)NC(=O)C(N)Cc1cnc[nH]1)C(=O)O. The highest BCUT2D eigenvalue weighted by atomic mass is 16.4. The molecule has 0 bridgehead atoms. The molecule has 3 amide bonds. The summed E-state index contributed by atoms with van der Waals surface area (Å²) < 4.78 is 0. The quantitative estimate of drug-likeness (QED) is 0.130. The van der Waals surface area contributed by atoms with Gasteiger partial charge in [-0.05, 0) is 17.5 Å². The van der Waals surface area contributed by atoms with Gasteiger partial charge in [0.2, 0.25) is 17.7 Å². The molecule has 0 aliphatic carbocycles. The zero-order valence-electron chi connectivity index (χ0n) is 22.0. The molecule has 3 rings (SSSR count). The van der Waals surface area contributed by atoms with Crippen molar-refractivity contribution in [1.29, 1.82) is 0 Å². The summed E-state index contributed by atoms with van der Waals surface area (Å²) >= 11 is 0. The van der Waals surface area contributed by atoms with E-state index >= 15 is 0 Å². The second-order valence-corrected chi connectivity index (χ2v) is 9.74. The number of amides is 3. The third-order valence-electron chi connectivity index (χ3n) is 6.31. The van der Waals surface area contributed by atoms with Gasteiger partial charge in [0.1, 0.15) is 18.1 Å². The number of benzene rings is 1. The van der Waals surface area contributed by atoms with Gasteiger partial charge >= 0.3 is 11.9 Å². The van der Waals surface area contributed by atoms with Crippen LogP contribution in [-0.2, 0) is 36.8 Å². The van der Waals surface area contributed by atoms with E-state index in [1.165, 1.54) is 12.5 Å². The lowest BCUT2D eigenvalue weighted by Gasteiger charge is -2.25. The number of aliphatic carboxylic acids is 2. The zero-order valence-corrected chi connectivity index (χ0v) is 22.0. The van der Waals surface area contributed by atoms with Crippen LogP contribution in [0.4, 0.5) is 0 Å². The van der Waals surface area contributed by atoms with E-state index in [4.69, 9.17) is 5.73 Å². The summed E-state index contributed by atoms with van der Waals surface area (Å²) in [4.78, 5) is 72.2. The van der Waals surface area contributed by atoms with Crippen molar-refractivity contribution in [3.63, 3.8) is 0 Å². The van der Waals surface area contributed by atoms with Gasteiger partial charge in [-0.2, -0.15) is 0 Å². The van der Waals surface area contributed by atoms with E-state index in [-0.39, 0.29) is 12.8 Å². The number of aromatic amines is 2. The first kappa shape index (κ1) is 29.8. The topological polar surface area (TPSA) is 232 Å². The summed E-state index contributed by atoms with van der Waals surface area (Å²) in [7, 11) is 0. The largest absolute Gasteiger partial charge is 0.481 e. The predicted octanol–water partition coefficient (Wildman–Crippen LogP) is -0.327. The van der Waals surface area contributed by atoms with Crippen molar-refractivity contribution in [2.75, 3.05) is 0 Å². The number of rotatable bonds is 14. The smallest absolute Gasteiger partial charge is 0.326 e. The first-order valence-electron chi connectivity index (χ1n) is 12.6. The van der Waals surface area contributed by atoms with E-state index in [0.29, 0.717) is 11.3 Å². The molecule has 0 spiro atoms. The molecule has 14 heteroatoms. The van der Waals surface area contributed by atoms with Crippen LogP contribution >= 0.6 is 0 Å². The monoisotopic (exact) mass is 555 g/mol. The van der Waals surface area contributed by atoms with Gasteiger partial charge in [0, 0.05) is 41.8 Å². The molecule has 0 aliphatic heterocycles. The van der Waals surface area contributed by atoms with Gasteiger partial charge in [-0.1, -0.05) is 32.0 Å². The van der Waals surface area contributed by atoms with Gasteiger partial charge in [0.25, 0.3) is 0 Å². The minimum Gasteiger partial charge on any atom is -0.481 e. The molecule has 0 fully saturated rings. The van der Waals surface area contributed by atoms with Gasteiger partial charge in [-0.3, -0.25) is 19.2 Å². The van der Waals surface area contributed by atoms with Gasteiger partial charge < -0.3 is 41.9 Å². The molecule has 40 heavy (non-hydrogen) atoms. The van der Waals surface area contributed by atoms with Crippen molar-refractivity contribution < 1.29 is 34.2 Å². The number of nitrogens with one attached hydrogen (secondary N) is 5. The van der Waals surface area contributed by atoms with E-state index in [1.807, 2.05) is 24.3 Å². The molecular weight excluding hydrogens is 522 g/mol. The third-order valence-corrected chi connectivity index (χ3v) is 6.31. The fourth-order valence-corrected chi connectivity index (χ4v) is 4.16. The molecule has 2 heterocycles. The van der Waals surface area contributed by atoms with E-state index < -0.39 is 66.2 Å². The van der Waals surface area contributed by atoms with Gasteiger partial charge in [0.05, 0.1) is 18.8 Å². The van der Waals surface area contributed by atoms with Crippen molar-refractivity contribution in [3.05, 3.63) is 54.2 Å². The third kappa shape index (κ3) is 7.89. The Labute approximate surface area is 229 Å². The maximum absolute atomic E-state index is 13.4. The molecular formula is C26H33N7O7. The molecule has 0 aliphatic rings. The van der Waals surface area contributed by atoms with Crippen LogP contribution in [-0.4, -0.2) is 79.0 Å². The maximum Gasteiger partial charge on any atom is 0.326 e. The number of hydrogen-bond acceptors (Lipinski definition) is 7. The first-order chi connectivity index (χ1) is 19.0. The lowest BCUT2D eigenvalue weighted by Crippen LogP contribution is -2.58. The number of carboxylic acids is 2. The Morgan fingerprint density at radius 3 is 2.23 bits per heavy atom. The molecule has 214 valence electrons. The number of imidazole rings is 1. The highest BCUT2D eigenvalue weighted by Gasteiger charge is 2.33. The van der Waals surface area contributed by atoms with Crippen molar-refractivity contribution in [1.82, 2.24) is 30.9 Å². The maximum atomic E-state index is 13.4. The number of nitrogens with two attached hydrogens (primary N) is 1. The second kappa shape index (κ2) is 13.4. The minimum atomic E-state index is -1.60. The van der Waals surface area contributed by atoms with Crippen LogP contribution in [0, 0.1) is 5.92 Å². The molecule has 4 unspecified atom stereocenters. The van der Waals surface area contributed by atoms with Crippen LogP contribution in [0.3, 0.4) is 0 Å². The number of H-pyrrole nitrogens is 2. The number of carboxylic acid groups (broad SMARTS) is 2. The van der Waals surface area contributed by atoms with Crippen molar-refractivity contribution >= 4 is 40.6 Å². The van der Waals surface area contributed by atoms with Crippen LogP contribution < -0.4 is 21.7 Å². The van der Waals surface area contributed by atoms with Gasteiger partial charge in [0.15, 0.2) is 0 Å². The van der Waals surface area contributed by atoms with Crippen molar-refractivity contribution in [3.8, 4) is 0 Å². The normalized spacial score (nSPS) is 14.2. The van der Waals surface area contributed by atoms with Gasteiger partial charge in [-0.15, -0.1) is 0 Å². The van der Waals surface area contributed by atoms with E-state index in [2.05, 4.69) is 30.9 Å². The number of carbonyl (C=O) groups excluding carboxylic acids is 3. The fraction of sp³-hybridized carbons (Fsp3) is 0.385. The molecule has 3 aromatic rings. The highest BCUT2D eigenvalue weighted by molar-refractivity contribution is 5.96. The lowest BCUT2D eigenvalue weighted by molar-refractivity contribution is -0.144. The number of carbonyl (C=O) groups is 5. The molecule has 4 atom stereocenters. The summed E-state index contributed by atoms with van der Waals surface area (Å²) in [5.74, 6) is -5.68. The standard InChI is InChI=1S/C26H33N7O7/c1-13(2)22(26(39)40)33-25(38)20(9-21(34)35)32-24(37)19(7-14-10-29-18-6-4-3-5-16(14)18)31-23(36)17(27)8-15-11-28-12-30-15/h3-6,10-13,17,19-20,22,29H,7-9,27H2,1-2H3,(H,28,30)(H,31,36)(H,32,37)(H,33,38)(H,34,35)(H,39,40). The minimum absolute atomic E-state index is 0.0104.